The third-order valence-electron chi connectivity index (χ3n) is 4.85. The molecule has 8 nitrogen and oxygen atoms in total. The maximum Gasteiger partial charge on any atom is 0.340 e. The van der Waals surface area contributed by atoms with Crippen LogP contribution in [-0.4, -0.2) is 50.1 Å². The van der Waals surface area contributed by atoms with Gasteiger partial charge in [0.1, 0.15) is 12.4 Å². The molecule has 1 amide bonds. The second kappa shape index (κ2) is 11.0. The second-order valence-electron chi connectivity index (χ2n) is 7.25. The van der Waals surface area contributed by atoms with Crippen LogP contribution in [0.4, 0.5) is 5.69 Å². The highest BCUT2D eigenvalue weighted by Gasteiger charge is 2.22. The van der Waals surface area contributed by atoms with Crippen molar-refractivity contribution in [3.05, 3.63) is 52.9 Å². The van der Waals surface area contributed by atoms with Gasteiger partial charge in [0.2, 0.25) is 5.91 Å². The largest absolute Gasteiger partial charge is 0.492 e. The summed E-state index contributed by atoms with van der Waals surface area (Å²) in [5, 5.41) is 2.74. The van der Waals surface area contributed by atoms with Gasteiger partial charge in [0.05, 0.1) is 17.9 Å². The van der Waals surface area contributed by atoms with Crippen molar-refractivity contribution in [2.75, 3.05) is 30.5 Å². The van der Waals surface area contributed by atoms with Crippen molar-refractivity contribution in [1.82, 2.24) is 4.57 Å². The van der Waals surface area contributed by atoms with Crippen molar-refractivity contribution in [1.29, 1.82) is 0 Å². The molecule has 0 aliphatic heterocycles. The van der Waals surface area contributed by atoms with Crippen LogP contribution in [0, 0.1) is 13.8 Å². The van der Waals surface area contributed by atoms with Crippen LogP contribution in [0.5, 0.6) is 5.75 Å². The molecule has 0 radical (unpaired) electrons. The van der Waals surface area contributed by atoms with E-state index in [0.29, 0.717) is 29.1 Å². The monoisotopic (exact) mass is 462 g/mol. The molecular formula is C23H30N2O6S. The maximum atomic E-state index is 12.5. The standard InChI is InChI=1S/C23H30N2O6S/c1-6-25-16(3)20(22(17(25)4)23(27)30-7-2)11-12-21(26)24-18-9-8-10-19(15-18)31-13-14-32(5,28)29/h8-12,15H,6-7,13-14H2,1-5H3,(H,24,26)/b12-11+. The van der Waals surface area contributed by atoms with Crippen LogP contribution in [0.2, 0.25) is 0 Å². The van der Waals surface area contributed by atoms with Crippen molar-refractivity contribution in [2.24, 2.45) is 0 Å². The molecular weight excluding hydrogens is 432 g/mol. The van der Waals surface area contributed by atoms with Crippen molar-refractivity contribution in [2.45, 2.75) is 34.2 Å². The number of esters is 1. The van der Waals surface area contributed by atoms with Crippen LogP contribution in [0.15, 0.2) is 30.3 Å². The van der Waals surface area contributed by atoms with Gasteiger partial charge in [0, 0.05) is 47.6 Å². The fourth-order valence-electron chi connectivity index (χ4n) is 3.36. The fraction of sp³-hybridized carbons (Fsp3) is 0.391. The van der Waals surface area contributed by atoms with Gasteiger partial charge in [-0.15, -0.1) is 0 Å². The fourth-order valence-corrected chi connectivity index (χ4v) is 3.75. The number of sulfone groups is 1. The van der Waals surface area contributed by atoms with Crippen molar-refractivity contribution in [3.63, 3.8) is 0 Å². The molecule has 174 valence electrons. The van der Waals surface area contributed by atoms with Gasteiger partial charge in [-0.25, -0.2) is 13.2 Å². The Bertz CT molecular complexity index is 1120. The third kappa shape index (κ3) is 6.71. The molecule has 0 fully saturated rings. The van der Waals surface area contributed by atoms with Crippen molar-refractivity contribution in [3.8, 4) is 5.75 Å². The number of carbonyl (C=O) groups is 2. The molecule has 1 N–H and O–H groups in total. The zero-order valence-electron chi connectivity index (χ0n) is 19.1. The van der Waals surface area contributed by atoms with Crippen LogP contribution >= 0.6 is 0 Å². The summed E-state index contributed by atoms with van der Waals surface area (Å²) >= 11 is 0. The Morgan fingerprint density at radius 1 is 1.16 bits per heavy atom. The molecule has 9 heteroatoms. The Morgan fingerprint density at radius 2 is 1.88 bits per heavy atom. The summed E-state index contributed by atoms with van der Waals surface area (Å²) in [7, 11) is -3.12. The Kier molecular flexibility index (Phi) is 8.65. The first-order valence-corrected chi connectivity index (χ1v) is 12.4. The first-order chi connectivity index (χ1) is 15.1. The molecule has 0 saturated carbocycles. The van der Waals surface area contributed by atoms with Crippen LogP contribution in [-0.2, 0) is 25.9 Å². The minimum absolute atomic E-state index is 0.0276. The SMILES string of the molecule is CCOC(=O)c1c(/C=C/C(=O)Nc2cccc(OCCS(C)(=O)=O)c2)c(C)n(CC)c1C. The summed E-state index contributed by atoms with van der Waals surface area (Å²) in [5.74, 6) is -0.439. The van der Waals surface area contributed by atoms with E-state index in [0.717, 1.165) is 17.6 Å². The van der Waals surface area contributed by atoms with Gasteiger partial charge in [-0.2, -0.15) is 0 Å². The molecule has 2 aromatic rings. The first-order valence-electron chi connectivity index (χ1n) is 10.3. The van der Waals surface area contributed by atoms with E-state index in [1.165, 1.54) is 6.08 Å². The normalized spacial score (nSPS) is 11.5. The minimum atomic E-state index is -3.12. The topological polar surface area (TPSA) is 104 Å². The zero-order chi connectivity index (χ0) is 23.9. The highest BCUT2D eigenvalue weighted by Crippen LogP contribution is 2.25. The molecule has 0 atom stereocenters. The highest BCUT2D eigenvalue weighted by molar-refractivity contribution is 7.90. The van der Waals surface area contributed by atoms with Crippen molar-refractivity contribution >= 4 is 33.5 Å². The molecule has 32 heavy (non-hydrogen) atoms. The molecule has 0 saturated heterocycles. The predicted molar refractivity (Wildman–Crippen MR) is 125 cm³/mol. The number of aromatic nitrogens is 1. The predicted octanol–water partition coefficient (Wildman–Crippen LogP) is 3.38. The van der Waals surface area contributed by atoms with Crippen LogP contribution < -0.4 is 10.1 Å². The van der Waals surface area contributed by atoms with E-state index in [1.54, 1.807) is 37.3 Å². The third-order valence-corrected chi connectivity index (χ3v) is 5.76. The lowest BCUT2D eigenvalue weighted by atomic mass is 10.1. The van der Waals surface area contributed by atoms with Gasteiger partial charge in [-0.1, -0.05) is 6.07 Å². The van der Waals surface area contributed by atoms with Gasteiger partial charge in [0.25, 0.3) is 0 Å². The number of amides is 1. The number of nitrogens with zero attached hydrogens (tertiary/aromatic N) is 1. The molecule has 2 rings (SSSR count). The van der Waals surface area contributed by atoms with E-state index in [-0.39, 0.29) is 24.9 Å². The lowest BCUT2D eigenvalue weighted by Gasteiger charge is -2.08. The van der Waals surface area contributed by atoms with E-state index in [2.05, 4.69) is 5.32 Å². The van der Waals surface area contributed by atoms with E-state index in [4.69, 9.17) is 9.47 Å². The van der Waals surface area contributed by atoms with Gasteiger partial charge < -0.3 is 19.4 Å². The number of nitrogens with one attached hydrogen (secondary N) is 1. The van der Waals surface area contributed by atoms with Crippen LogP contribution in [0.25, 0.3) is 6.08 Å². The number of ether oxygens (including phenoxy) is 2. The number of carbonyl (C=O) groups excluding carboxylic acids is 2. The summed E-state index contributed by atoms with van der Waals surface area (Å²) in [6, 6.07) is 6.69. The molecule has 0 spiro atoms. The van der Waals surface area contributed by atoms with E-state index in [9.17, 15) is 18.0 Å². The van der Waals surface area contributed by atoms with Crippen molar-refractivity contribution < 1.29 is 27.5 Å². The Labute approximate surface area is 189 Å². The number of hydrogen-bond donors (Lipinski definition) is 1. The number of hydrogen-bond acceptors (Lipinski definition) is 6. The molecule has 0 unspecified atom stereocenters. The first kappa shape index (κ1) is 25.2. The van der Waals surface area contributed by atoms with Gasteiger partial charge in [-0.3, -0.25) is 4.79 Å². The molecule has 0 bridgehead atoms. The summed E-state index contributed by atoms with van der Waals surface area (Å²) in [6.07, 6.45) is 4.12. The zero-order valence-corrected chi connectivity index (χ0v) is 19.9. The number of benzene rings is 1. The lowest BCUT2D eigenvalue weighted by Crippen LogP contribution is -2.12. The Hall–Kier alpha value is -3.07. The van der Waals surface area contributed by atoms with Gasteiger partial charge in [-0.05, 0) is 45.9 Å². The van der Waals surface area contributed by atoms with Gasteiger partial charge in [0.15, 0.2) is 9.84 Å². The summed E-state index contributed by atoms with van der Waals surface area (Å²) < 4.78 is 35.1. The average Bonchev–Trinajstić information content (AvgIpc) is 2.95. The lowest BCUT2D eigenvalue weighted by molar-refractivity contribution is -0.111. The minimum Gasteiger partial charge on any atom is -0.492 e. The highest BCUT2D eigenvalue weighted by atomic mass is 32.2. The summed E-state index contributed by atoms with van der Waals surface area (Å²) in [5.41, 5.74) is 3.27. The summed E-state index contributed by atoms with van der Waals surface area (Å²) in [6.45, 7) is 8.47. The molecule has 1 aromatic carbocycles. The van der Waals surface area contributed by atoms with E-state index >= 15 is 0 Å². The number of anilines is 1. The van der Waals surface area contributed by atoms with Crippen LogP contribution in [0.3, 0.4) is 0 Å². The average molecular weight is 463 g/mol. The molecule has 0 aliphatic carbocycles. The quantitative estimate of drug-likeness (QED) is 0.429. The number of rotatable bonds is 10. The molecule has 0 aliphatic rings. The van der Waals surface area contributed by atoms with Crippen LogP contribution in [0.1, 0.15) is 41.2 Å². The smallest absolute Gasteiger partial charge is 0.340 e. The second-order valence-corrected chi connectivity index (χ2v) is 9.51. The van der Waals surface area contributed by atoms with E-state index in [1.807, 2.05) is 25.3 Å². The van der Waals surface area contributed by atoms with Gasteiger partial charge >= 0.3 is 5.97 Å². The molecule has 1 aromatic heterocycles. The Morgan fingerprint density at radius 3 is 2.50 bits per heavy atom. The molecule has 1 heterocycles. The maximum absolute atomic E-state index is 12.5. The Balaban J connectivity index is 2.16. The summed E-state index contributed by atoms with van der Waals surface area (Å²) in [4.78, 5) is 24.9. The van der Waals surface area contributed by atoms with E-state index < -0.39 is 15.8 Å².